The molecule has 1 N–H and O–H groups in total. The van der Waals surface area contributed by atoms with Crippen LogP contribution in [0.3, 0.4) is 0 Å². The van der Waals surface area contributed by atoms with Crippen molar-refractivity contribution >= 4 is 16.7 Å². The summed E-state index contributed by atoms with van der Waals surface area (Å²) in [6.45, 7) is 2.06. The second-order valence-electron chi connectivity index (χ2n) is 7.38. The number of halogens is 3. The predicted octanol–water partition coefficient (Wildman–Crippen LogP) is 4.17. The fraction of sp³-hybridized carbons (Fsp3) is 0.400. The van der Waals surface area contributed by atoms with Gasteiger partial charge in [-0.3, -0.25) is 0 Å². The van der Waals surface area contributed by atoms with Crippen molar-refractivity contribution in [1.29, 1.82) is 0 Å². The Balaban J connectivity index is 1.69. The third-order valence-electron chi connectivity index (χ3n) is 5.44. The Morgan fingerprint density at radius 1 is 1.14 bits per heavy atom. The van der Waals surface area contributed by atoms with Gasteiger partial charge in [0.2, 0.25) is 0 Å². The number of hydrogen-bond donors (Lipinski definition) is 1. The Kier molecular flexibility index (Phi) is 4.74. The Morgan fingerprint density at radius 3 is 2.57 bits per heavy atom. The largest absolute Gasteiger partial charge is 0.416 e. The zero-order valence-electron chi connectivity index (χ0n) is 15.8. The van der Waals surface area contributed by atoms with Gasteiger partial charge >= 0.3 is 6.18 Å². The molecule has 28 heavy (non-hydrogen) atoms. The number of nitrogens with zero attached hydrogens (tertiary/aromatic N) is 4. The third kappa shape index (κ3) is 3.44. The number of likely N-dealkylation sites (tertiary alicyclic amines) is 1. The van der Waals surface area contributed by atoms with Crippen LogP contribution >= 0.6 is 0 Å². The smallest absolute Gasteiger partial charge is 0.358 e. The highest BCUT2D eigenvalue weighted by Crippen LogP contribution is 2.34. The van der Waals surface area contributed by atoms with E-state index in [0.29, 0.717) is 17.3 Å². The number of alkyl halides is 3. The second kappa shape index (κ2) is 7.09. The molecule has 5 nitrogen and oxygen atoms in total. The number of aromatic amines is 1. The lowest BCUT2D eigenvalue weighted by Gasteiger charge is -2.36. The molecule has 0 saturated carbocycles. The molecule has 1 aromatic carbocycles. The maximum Gasteiger partial charge on any atom is 0.416 e. The minimum Gasteiger partial charge on any atom is -0.358 e. The molecular weight excluding hydrogens is 367 g/mol. The first-order valence-corrected chi connectivity index (χ1v) is 9.27. The molecule has 3 aromatic rings. The number of hydrogen-bond acceptors (Lipinski definition) is 4. The van der Waals surface area contributed by atoms with Crippen LogP contribution in [0.5, 0.6) is 0 Å². The summed E-state index contributed by atoms with van der Waals surface area (Å²) in [5.41, 5.74) is 1.35. The van der Waals surface area contributed by atoms with Crippen LogP contribution in [0, 0.1) is 0 Å². The van der Waals surface area contributed by atoms with Crippen LogP contribution in [-0.2, 0) is 6.18 Å². The molecule has 0 amide bonds. The molecule has 0 unspecified atom stereocenters. The molecule has 1 saturated heterocycles. The summed E-state index contributed by atoms with van der Waals surface area (Å²) in [5, 5.41) is 9.65. The summed E-state index contributed by atoms with van der Waals surface area (Å²) in [4.78, 5) is 7.68. The highest BCUT2D eigenvalue weighted by atomic mass is 19.4. The number of H-pyrrole nitrogens is 1. The lowest BCUT2D eigenvalue weighted by Crippen LogP contribution is -2.45. The topological polar surface area (TPSA) is 48.1 Å². The van der Waals surface area contributed by atoms with Crippen molar-refractivity contribution < 1.29 is 13.2 Å². The number of fused-ring (bicyclic) bond motifs is 1. The van der Waals surface area contributed by atoms with Gasteiger partial charge < -0.3 is 14.8 Å². The lowest BCUT2D eigenvalue weighted by atomic mass is 10.0. The van der Waals surface area contributed by atoms with E-state index in [1.807, 2.05) is 19.3 Å². The van der Waals surface area contributed by atoms with Crippen LogP contribution in [-0.4, -0.2) is 53.3 Å². The number of rotatable bonds is 3. The molecule has 1 fully saturated rings. The van der Waals surface area contributed by atoms with E-state index in [-0.39, 0.29) is 0 Å². The standard InChI is InChI=1S/C20H22F3N5/c1-27-11-3-4-15(12-27)28(2)19-18-16(9-10-24-18)17(25-26-19)13-5-7-14(8-6-13)20(21,22)23/h5-10,15,24H,3-4,11-12H2,1-2H3/t15-/m1/s1. The molecule has 3 heterocycles. The summed E-state index contributed by atoms with van der Waals surface area (Å²) in [7, 11) is 4.13. The van der Waals surface area contributed by atoms with E-state index in [0.717, 1.165) is 54.8 Å². The van der Waals surface area contributed by atoms with Gasteiger partial charge in [-0.2, -0.15) is 13.2 Å². The summed E-state index contributed by atoms with van der Waals surface area (Å²) in [6.07, 6.45) is -0.318. The Hall–Kier alpha value is -2.61. The number of nitrogens with one attached hydrogen (secondary N) is 1. The van der Waals surface area contributed by atoms with Crippen molar-refractivity contribution in [2.75, 3.05) is 32.1 Å². The van der Waals surface area contributed by atoms with Crippen molar-refractivity contribution in [3.05, 3.63) is 42.1 Å². The van der Waals surface area contributed by atoms with E-state index in [4.69, 9.17) is 0 Å². The van der Waals surface area contributed by atoms with Crippen LogP contribution in [0.15, 0.2) is 36.5 Å². The van der Waals surface area contributed by atoms with Crippen LogP contribution in [0.25, 0.3) is 22.2 Å². The molecule has 1 aliphatic heterocycles. The Morgan fingerprint density at radius 2 is 1.89 bits per heavy atom. The molecule has 2 aromatic heterocycles. The summed E-state index contributed by atoms with van der Waals surface area (Å²) < 4.78 is 38.5. The first-order chi connectivity index (χ1) is 13.3. The fourth-order valence-electron chi connectivity index (χ4n) is 3.86. The van der Waals surface area contributed by atoms with Gasteiger partial charge in [-0.1, -0.05) is 12.1 Å². The highest BCUT2D eigenvalue weighted by molar-refractivity contribution is 5.98. The summed E-state index contributed by atoms with van der Waals surface area (Å²) in [6, 6.07) is 7.27. The predicted molar refractivity (Wildman–Crippen MR) is 103 cm³/mol. The number of likely N-dealkylation sites (N-methyl/N-ethyl adjacent to an activating group) is 2. The average molecular weight is 389 g/mol. The highest BCUT2D eigenvalue weighted by Gasteiger charge is 2.30. The normalized spacial score (nSPS) is 18.5. The second-order valence-corrected chi connectivity index (χ2v) is 7.38. The van der Waals surface area contributed by atoms with Crippen molar-refractivity contribution in [3.8, 4) is 11.3 Å². The number of aromatic nitrogens is 3. The molecule has 0 aliphatic carbocycles. The van der Waals surface area contributed by atoms with E-state index in [1.165, 1.54) is 12.1 Å². The number of piperidine rings is 1. The maximum absolute atomic E-state index is 12.8. The maximum atomic E-state index is 12.8. The van der Waals surface area contributed by atoms with Crippen LogP contribution in [0.1, 0.15) is 18.4 Å². The van der Waals surface area contributed by atoms with Gasteiger partial charge in [0, 0.05) is 36.8 Å². The molecule has 1 atom stereocenters. The monoisotopic (exact) mass is 389 g/mol. The van der Waals surface area contributed by atoms with Gasteiger partial charge in [-0.05, 0) is 44.6 Å². The van der Waals surface area contributed by atoms with Crippen LogP contribution < -0.4 is 4.90 Å². The van der Waals surface area contributed by atoms with Crippen LogP contribution in [0.4, 0.5) is 19.0 Å². The lowest BCUT2D eigenvalue weighted by molar-refractivity contribution is -0.137. The molecular formula is C20H22F3N5. The van der Waals surface area contributed by atoms with E-state index in [2.05, 4.69) is 32.0 Å². The Labute approximate surface area is 161 Å². The first kappa shape index (κ1) is 18.7. The van der Waals surface area contributed by atoms with E-state index >= 15 is 0 Å². The van der Waals surface area contributed by atoms with Gasteiger partial charge in [0.05, 0.1) is 11.1 Å². The molecule has 4 rings (SSSR count). The van der Waals surface area contributed by atoms with Gasteiger partial charge in [0.1, 0.15) is 5.69 Å². The first-order valence-electron chi connectivity index (χ1n) is 9.27. The molecule has 8 heteroatoms. The summed E-state index contributed by atoms with van der Waals surface area (Å²) >= 11 is 0. The minimum atomic E-state index is -4.35. The number of anilines is 1. The van der Waals surface area contributed by atoms with E-state index < -0.39 is 11.7 Å². The van der Waals surface area contributed by atoms with Gasteiger partial charge in [-0.15, -0.1) is 10.2 Å². The third-order valence-corrected chi connectivity index (χ3v) is 5.44. The van der Waals surface area contributed by atoms with Gasteiger partial charge in [0.25, 0.3) is 0 Å². The zero-order valence-corrected chi connectivity index (χ0v) is 15.8. The number of benzene rings is 1. The fourth-order valence-corrected chi connectivity index (χ4v) is 3.86. The van der Waals surface area contributed by atoms with Crippen molar-refractivity contribution in [2.24, 2.45) is 0 Å². The summed E-state index contributed by atoms with van der Waals surface area (Å²) in [5.74, 6) is 0.760. The van der Waals surface area contributed by atoms with Crippen LogP contribution in [0.2, 0.25) is 0 Å². The average Bonchev–Trinajstić information content (AvgIpc) is 3.16. The molecule has 1 aliphatic rings. The molecule has 0 spiro atoms. The molecule has 0 bridgehead atoms. The van der Waals surface area contributed by atoms with Crippen molar-refractivity contribution in [1.82, 2.24) is 20.1 Å². The molecule has 148 valence electrons. The SMILES string of the molecule is CN1CCC[C@@H](N(C)c2nnc(-c3ccc(C(F)(F)F)cc3)c3cc[nH]c23)C1. The van der Waals surface area contributed by atoms with Gasteiger partial charge in [0.15, 0.2) is 5.82 Å². The Bertz CT molecular complexity index is 964. The van der Waals surface area contributed by atoms with Crippen molar-refractivity contribution in [2.45, 2.75) is 25.1 Å². The quantitative estimate of drug-likeness (QED) is 0.730. The van der Waals surface area contributed by atoms with Crippen molar-refractivity contribution in [3.63, 3.8) is 0 Å². The van der Waals surface area contributed by atoms with E-state index in [9.17, 15) is 13.2 Å². The van der Waals surface area contributed by atoms with E-state index in [1.54, 1.807) is 0 Å². The van der Waals surface area contributed by atoms with Gasteiger partial charge in [-0.25, -0.2) is 0 Å². The molecule has 0 radical (unpaired) electrons. The zero-order chi connectivity index (χ0) is 19.9. The minimum absolute atomic E-state index is 0.344.